The highest BCUT2D eigenvalue weighted by Gasteiger charge is 2.34. The van der Waals surface area contributed by atoms with E-state index in [2.05, 4.69) is 5.32 Å². The number of carbonyl (C=O) groups is 1. The summed E-state index contributed by atoms with van der Waals surface area (Å²) >= 11 is 0. The molecule has 5 heteroatoms. The third-order valence-electron chi connectivity index (χ3n) is 4.44. The molecule has 2 aromatic carbocycles. The van der Waals surface area contributed by atoms with Crippen LogP contribution in [0.4, 0.5) is 5.69 Å². The van der Waals surface area contributed by atoms with Crippen LogP contribution in [-0.2, 0) is 6.54 Å². The smallest absolute Gasteiger partial charge is 0.258 e. The Kier molecular flexibility index (Phi) is 4.35. The maximum Gasteiger partial charge on any atom is 0.258 e. The topological polar surface area (TPSA) is 54.7 Å². The van der Waals surface area contributed by atoms with E-state index < -0.39 is 0 Å². The molecule has 1 aliphatic rings. The monoisotopic (exact) mass is 348 g/mol. The fourth-order valence-electron chi connectivity index (χ4n) is 3.27. The molecule has 1 N–H and O–H groups in total. The number of nitrogens with zero attached hydrogens (tertiary/aromatic N) is 1. The maximum atomic E-state index is 13.2. The number of hydrogen-bond donors (Lipinski definition) is 1. The molecule has 132 valence electrons. The summed E-state index contributed by atoms with van der Waals surface area (Å²) in [5, 5.41) is 3.49. The highest BCUT2D eigenvalue weighted by Crippen LogP contribution is 2.37. The lowest BCUT2D eigenvalue weighted by Gasteiger charge is -2.38. The van der Waals surface area contributed by atoms with E-state index in [-0.39, 0.29) is 12.1 Å². The molecule has 1 aliphatic heterocycles. The van der Waals surface area contributed by atoms with Crippen LogP contribution in [0.3, 0.4) is 0 Å². The van der Waals surface area contributed by atoms with E-state index in [1.54, 1.807) is 11.2 Å². The fourth-order valence-corrected chi connectivity index (χ4v) is 3.27. The van der Waals surface area contributed by atoms with Crippen LogP contribution < -0.4 is 10.1 Å². The molecule has 0 bridgehead atoms. The molecular formula is C21H20N2O3. The van der Waals surface area contributed by atoms with Gasteiger partial charge in [-0.2, -0.15) is 0 Å². The second kappa shape index (κ2) is 6.96. The van der Waals surface area contributed by atoms with Gasteiger partial charge in [0.25, 0.3) is 5.91 Å². The third kappa shape index (κ3) is 2.92. The molecule has 26 heavy (non-hydrogen) atoms. The molecule has 0 aliphatic carbocycles. The average molecular weight is 348 g/mol. The van der Waals surface area contributed by atoms with Gasteiger partial charge in [0.2, 0.25) is 0 Å². The van der Waals surface area contributed by atoms with Crippen molar-refractivity contribution in [3.8, 4) is 5.75 Å². The molecule has 1 atom stereocenters. The lowest BCUT2D eigenvalue weighted by molar-refractivity contribution is 0.0649. The first-order chi connectivity index (χ1) is 12.8. The summed E-state index contributed by atoms with van der Waals surface area (Å²) in [5.74, 6) is 1.47. The average Bonchev–Trinajstić information content (AvgIpc) is 3.18. The van der Waals surface area contributed by atoms with Gasteiger partial charge in [-0.15, -0.1) is 0 Å². The number of ether oxygens (including phenoxy) is 1. The molecular weight excluding hydrogens is 328 g/mol. The van der Waals surface area contributed by atoms with Crippen LogP contribution in [0.5, 0.6) is 5.75 Å². The van der Waals surface area contributed by atoms with Gasteiger partial charge in [0, 0.05) is 11.3 Å². The number of benzene rings is 2. The van der Waals surface area contributed by atoms with E-state index >= 15 is 0 Å². The molecule has 4 rings (SSSR count). The van der Waals surface area contributed by atoms with E-state index in [9.17, 15) is 4.79 Å². The zero-order chi connectivity index (χ0) is 17.9. The van der Waals surface area contributed by atoms with Crippen LogP contribution in [-0.4, -0.2) is 17.4 Å². The van der Waals surface area contributed by atoms with E-state index in [1.165, 1.54) is 0 Å². The van der Waals surface area contributed by atoms with Gasteiger partial charge in [-0.1, -0.05) is 30.3 Å². The van der Waals surface area contributed by atoms with E-state index in [0.717, 1.165) is 22.8 Å². The number of amides is 1. The van der Waals surface area contributed by atoms with Gasteiger partial charge < -0.3 is 19.4 Å². The Labute approximate surface area is 152 Å². The van der Waals surface area contributed by atoms with Crippen molar-refractivity contribution in [1.82, 2.24) is 4.90 Å². The van der Waals surface area contributed by atoms with Crippen molar-refractivity contribution in [2.24, 2.45) is 0 Å². The van der Waals surface area contributed by atoms with Crippen molar-refractivity contribution < 1.29 is 13.9 Å². The second-order valence-electron chi connectivity index (χ2n) is 6.08. The highest BCUT2D eigenvalue weighted by molar-refractivity contribution is 6.01. The van der Waals surface area contributed by atoms with Gasteiger partial charge in [0.1, 0.15) is 17.7 Å². The lowest BCUT2D eigenvalue weighted by atomic mass is 10.0. The molecule has 3 aromatic rings. The molecule has 0 spiro atoms. The van der Waals surface area contributed by atoms with Gasteiger partial charge in [-0.3, -0.25) is 4.79 Å². The standard InChI is InChI=1S/C21H20N2O3/c1-2-25-19-12-6-4-10-17(19)20-22-18-11-5-3-9-16(18)21(24)23(20)14-15-8-7-13-26-15/h3-13,20,22H,2,14H2,1H3. The largest absolute Gasteiger partial charge is 0.493 e. The Morgan fingerprint density at radius 1 is 1.08 bits per heavy atom. The number of rotatable bonds is 5. The predicted molar refractivity (Wildman–Crippen MR) is 99.0 cm³/mol. The molecule has 0 saturated carbocycles. The molecule has 1 aromatic heterocycles. The fraction of sp³-hybridized carbons (Fsp3) is 0.190. The summed E-state index contributed by atoms with van der Waals surface area (Å²) in [6.45, 7) is 2.89. The number of fused-ring (bicyclic) bond motifs is 1. The molecule has 5 nitrogen and oxygen atoms in total. The van der Waals surface area contributed by atoms with Crippen LogP contribution in [0, 0.1) is 0 Å². The lowest BCUT2D eigenvalue weighted by Crippen LogP contribution is -2.42. The highest BCUT2D eigenvalue weighted by atomic mass is 16.5. The first-order valence-electron chi connectivity index (χ1n) is 8.68. The Hall–Kier alpha value is -3.21. The summed E-state index contributed by atoms with van der Waals surface area (Å²) in [4.78, 5) is 15.0. The van der Waals surface area contributed by atoms with Gasteiger partial charge in [0.05, 0.1) is 25.0 Å². The number of furan rings is 1. The number of hydrogen-bond acceptors (Lipinski definition) is 4. The van der Waals surface area contributed by atoms with Crippen LogP contribution in [0.15, 0.2) is 71.3 Å². The summed E-state index contributed by atoms with van der Waals surface area (Å²) in [6, 6.07) is 19.1. The van der Waals surface area contributed by atoms with Crippen LogP contribution in [0.25, 0.3) is 0 Å². The van der Waals surface area contributed by atoms with Crippen molar-refractivity contribution in [3.05, 3.63) is 83.8 Å². The summed E-state index contributed by atoms with van der Waals surface area (Å²) in [5.41, 5.74) is 2.40. The number of para-hydroxylation sites is 2. The zero-order valence-electron chi connectivity index (χ0n) is 14.5. The van der Waals surface area contributed by atoms with Crippen LogP contribution in [0.2, 0.25) is 0 Å². The minimum absolute atomic E-state index is 0.0351. The molecule has 1 amide bonds. The number of carbonyl (C=O) groups excluding carboxylic acids is 1. The SMILES string of the molecule is CCOc1ccccc1C1Nc2ccccc2C(=O)N1Cc1ccco1. The van der Waals surface area contributed by atoms with Crippen LogP contribution in [0.1, 0.15) is 34.8 Å². The van der Waals surface area contributed by atoms with E-state index in [4.69, 9.17) is 9.15 Å². The third-order valence-corrected chi connectivity index (χ3v) is 4.44. The molecule has 2 heterocycles. The number of anilines is 1. The second-order valence-corrected chi connectivity index (χ2v) is 6.08. The van der Waals surface area contributed by atoms with Gasteiger partial charge >= 0.3 is 0 Å². The summed E-state index contributed by atoms with van der Waals surface area (Å²) in [6.07, 6.45) is 1.28. The predicted octanol–water partition coefficient (Wildman–Crippen LogP) is 4.45. The minimum atomic E-state index is -0.342. The van der Waals surface area contributed by atoms with Crippen molar-refractivity contribution in [2.75, 3.05) is 11.9 Å². The summed E-state index contributed by atoms with van der Waals surface area (Å²) < 4.78 is 11.3. The number of nitrogens with one attached hydrogen (secondary N) is 1. The Morgan fingerprint density at radius 2 is 1.88 bits per heavy atom. The van der Waals surface area contributed by atoms with Crippen molar-refractivity contribution in [2.45, 2.75) is 19.6 Å². The summed E-state index contributed by atoms with van der Waals surface area (Å²) in [7, 11) is 0. The molecule has 0 saturated heterocycles. The molecule has 1 unspecified atom stereocenters. The van der Waals surface area contributed by atoms with Crippen molar-refractivity contribution >= 4 is 11.6 Å². The first kappa shape index (κ1) is 16.3. The first-order valence-corrected chi connectivity index (χ1v) is 8.68. The normalized spacial score (nSPS) is 16.1. The van der Waals surface area contributed by atoms with Gasteiger partial charge in [0.15, 0.2) is 0 Å². The van der Waals surface area contributed by atoms with Crippen molar-refractivity contribution in [3.63, 3.8) is 0 Å². The molecule has 0 radical (unpaired) electrons. The van der Waals surface area contributed by atoms with Gasteiger partial charge in [-0.25, -0.2) is 0 Å². The minimum Gasteiger partial charge on any atom is -0.493 e. The molecule has 0 fully saturated rings. The Bertz CT molecular complexity index is 905. The van der Waals surface area contributed by atoms with Crippen LogP contribution >= 0.6 is 0 Å². The van der Waals surface area contributed by atoms with E-state index in [1.807, 2.05) is 67.6 Å². The Morgan fingerprint density at radius 3 is 2.69 bits per heavy atom. The zero-order valence-corrected chi connectivity index (χ0v) is 14.5. The van der Waals surface area contributed by atoms with Gasteiger partial charge in [-0.05, 0) is 37.3 Å². The maximum absolute atomic E-state index is 13.2. The van der Waals surface area contributed by atoms with E-state index in [0.29, 0.717) is 18.7 Å². The Balaban J connectivity index is 1.78. The van der Waals surface area contributed by atoms with Crippen molar-refractivity contribution in [1.29, 1.82) is 0 Å². The quantitative estimate of drug-likeness (QED) is 0.740.